The lowest BCUT2D eigenvalue weighted by atomic mass is 9.98. The molecule has 2 aromatic carbocycles. The normalized spacial score (nSPS) is 15.1. The van der Waals surface area contributed by atoms with Gasteiger partial charge in [-0.25, -0.2) is 14.2 Å². The van der Waals surface area contributed by atoms with E-state index in [1.165, 1.54) is 23.1 Å². The van der Waals surface area contributed by atoms with Crippen LogP contribution in [0.5, 0.6) is 0 Å². The quantitative estimate of drug-likeness (QED) is 0.386. The van der Waals surface area contributed by atoms with Crippen LogP contribution in [-0.2, 0) is 4.74 Å². The Morgan fingerprint density at radius 1 is 1.21 bits per heavy atom. The van der Waals surface area contributed by atoms with Crippen LogP contribution in [-0.4, -0.2) is 23.5 Å². The Bertz CT molecular complexity index is 1540. The lowest BCUT2D eigenvalue weighted by Gasteiger charge is -2.22. The number of anilines is 1. The topological polar surface area (TPSA) is 89.7 Å². The first kappa shape index (κ1) is 22.0. The SMILES string of the molecule is CCOC(=O)c1sc(N2C(=O)c3oc4ccc(C)cc4c(=O)c3[C@@H]2c2ccccc2F)nc1C. The molecule has 0 saturated carbocycles. The van der Waals surface area contributed by atoms with Crippen molar-refractivity contribution in [1.82, 2.24) is 4.98 Å². The smallest absolute Gasteiger partial charge is 0.350 e. The minimum Gasteiger partial charge on any atom is -0.462 e. The molecule has 4 aromatic rings. The fraction of sp³-hybridized carbons (Fsp3) is 0.200. The summed E-state index contributed by atoms with van der Waals surface area (Å²) in [4.78, 5) is 45.4. The van der Waals surface area contributed by atoms with Gasteiger partial charge in [0.25, 0.3) is 5.91 Å². The van der Waals surface area contributed by atoms with Crippen molar-refractivity contribution in [3.05, 3.63) is 91.5 Å². The molecule has 1 atom stereocenters. The molecule has 5 rings (SSSR count). The summed E-state index contributed by atoms with van der Waals surface area (Å²) in [7, 11) is 0. The molecule has 0 aliphatic carbocycles. The molecule has 0 saturated heterocycles. The number of hydrogen-bond acceptors (Lipinski definition) is 7. The van der Waals surface area contributed by atoms with Crippen LogP contribution in [0.2, 0.25) is 0 Å². The van der Waals surface area contributed by atoms with E-state index in [1.807, 2.05) is 6.92 Å². The molecule has 2 aromatic heterocycles. The van der Waals surface area contributed by atoms with Crippen LogP contribution < -0.4 is 10.3 Å². The third-order valence-corrected chi connectivity index (χ3v) is 6.81. The predicted molar refractivity (Wildman–Crippen MR) is 125 cm³/mol. The van der Waals surface area contributed by atoms with Crippen LogP contribution in [0.3, 0.4) is 0 Å². The van der Waals surface area contributed by atoms with E-state index in [1.54, 1.807) is 38.1 Å². The Hall–Kier alpha value is -3.85. The molecule has 0 bridgehead atoms. The minimum atomic E-state index is -1.11. The van der Waals surface area contributed by atoms with Gasteiger partial charge in [0.2, 0.25) is 5.76 Å². The van der Waals surface area contributed by atoms with Gasteiger partial charge in [0.15, 0.2) is 10.6 Å². The number of rotatable bonds is 4. The van der Waals surface area contributed by atoms with E-state index in [0.717, 1.165) is 16.9 Å². The number of carbonyl (C=O) groups is 2. The number of hydrogen-bond donors (Lipinski definition) is 0. The fourth-order valence-electron chi connectivity index (χ4n) is 4.15. The molecule has 0 radical (unpaired) electrons. The summed E-state index contributed by atoms with van der Waals surface area (Å²) in [6.07, 6.45) is 0. The number of benzene rings is 2. The highest BCUT2D eigenvalue weighted by Gasteiger charge is 2.46. The molecular weight excluding hydrogens is 459 g/mol. The lowest BCUT2D eigenvalue weighted by Crippen LogP contribution is -2.30. The van der Waals surface area contributed by atoms with E-state index in [-0.39, 0.29) is 39.1 Å². The molecule has 0 fully saturated rings. The Balaban J connectivity index is 1.77. The lowest BCUT2D eigenvalue weighted by molar-refractivity contribution is 0.0531. The van der Waals surface area contributed by atoms with Crippen molar-refractivity contribution in [2.24, 2.45) is 0 Å². The number of fused-ring (bicyclic) bond motifs is 2. The molecular formula is C25H19FN2O5S. The van der Waals surface area contributed by atoms with Gasteiger partial charge in [-0.05, 0) is 39.0 Å². The van der Waals surface area contributed by atoms with Crippen molar-refractivity contribution in [2.45, 2.75) is 26.8 Å². The number of amides is 1. The van der Waals surface area contributed by atoms with Crippen molar-refractivity contribution in [2.75, 3.05) is 11.5 Å². The minimum absolute atomic E-state index is 0.0405. The zero-order valence-electron chi connectivity index (χ0n) is 18.5. The van der Waals surface area contributed by atoms with Gasteiger partial charge in [-0.1, -0.05) is 41.2 Å². The molecule has 7 nitrogen and oxygen atoms in total. The summed E-state index contributed by atoms with van der Waals surface area (Å²) >= 11 is 0.949. The number of aromatic nitrogens is 1. The largest absolute Gasteiger partial charge is 0.462 e. The van der Waals surface area contributed by atoms with E-state index >= 15 is 4.39 Å². The van der Waals surface area contributed by atoms with Crippen LogP contribution in [0.1, 0.15) is 55.6 Å². The van der Waals surface area contributed by atoms with E-state index in [9.17, 15) is 14.4 Å². The number of esters is 1. The van der Waals surface area contributed by atoms with Gasteiger partial charge in [0.05, 0.1) is 23.3 Å². The molecule has 1 aliphatic rings. The average molecular weight is 479 g/mol. The van der Waals surface area contributed by atoms with Gasteiger partial charge < -0.3 is 9.15 Å². The third-order valence-electron chi connectivity index (χ3n) is 5.68. The maximum atomic E-state index is 15.0. The Morgan fingerprint density at radius 3 is 2.71 bits per heavy atom. The summed E-state index contributed by atoms with van der Waals surface area (Å²) in [5.41, 5.74) is 1.23. The summed E-state index contributed by atoms with van der Waals surface area (Å²) in [5.74, 6) is -1.95. The Labute approximate surface area is 197 Å². The van der Waals surface area contributed by atoms with Crippen molar-refractivity contribution in [3.63, 3.8) is 0 Å². The first-order valence-corrected chi connectivity index (χ1v) is 11.4. The van der Waals surface area contributed by atoms with Crippen LogP contribution in [0.4, 0.5) is 9.52 Å². The van der Waals surface area contributed by atoms with Gasteiger partial charge >= 0.3 is 5.97 Å². The second-order valence-electron chi connectivity index (χ2n) is 7.90. The summed E-state index contributed by atoms with van der Waals surface area (Å²) < 4.78 is 26.0. The highest BCUT2D eigenvalue weighted by Crippen LogP contribution is 2.43. The Kier molecular flexibility index (Phi) is 5.28. The maximum absolute atomic E-state index is 15.0. The van der Waals surface area contributed by atoms with E-state index in [0.29, 0.717) is 11.1 Å². The first-order chi connectivity index (χ1) is 16.3. The number of aryl methyl sites for hydroxylation is 2. The number of thiazole rings is 1. The van der Waals surface area contributed by atoms with Crippen LogP contribution >= 0.6 is 11.3 Å². The van der Waals surface area contributed by atoms with Gasteiger partial charge in [0, 0.05) is 5.56 Å². The summed E-state index contributed by atoms with van der Waals surface area (Å²) in [6, 6.07) is 9.92. The zero-order valence-corrected chi connectivity index (χ0v) is 19.4. The first-order valence-electron chi connectivity index (χ1n) is 10.6. The molecule has 0 spiro atoms. The summed E-state index contributed by atoms with van der Waals surface area (Å²) in [6.45, 7) is 5.33. The van der Waals surface area contributed by atoms with Gasteiger partial charge in [-0.3, -0.25) is 14.5 Å². The number of nitrogens with zero attached hydrogens (tertiary/aromatic N) is 2. The van der Waals surface area contributed by atoms with Crippen molar-refractivity contribution < 1.29 is 23.1 Å². The van der Waals surface area contributed by atoms with Crippen LogP contribution in [0, 0.1) is 19.7 Å². The fourth-order valence-corrected chi connectivity index (χ4v) is 5.13. The molecule has 1 aliphatic heterocycles. The molecule has 0 N–H and O–H groups in total. The van der Waals surface area contributed by atoms with Crippen molar-refractivity contribution in [3.8, 4) is 0 Å². The van der Waals surface area contributed by atoms with Crippen molar-refractivity contribution >= 4 is 39.3 Å². The number of ether oxygens (including phenoxy) is 1. The Morgan fingerprint density at radius 2 is 1.97 bits per heavy atom. The predicted octanol–water partition coefficient (Wildman–Crippen LogP) is 4.93. The van der Waals surface area contributed by atoms with E-state index in [4.69, 9.17) is 9.15 Å². The molecule has 34 heavy (non-hydrogen) atoms. The molecule has 9 heteroatoms. The second kappa shape index (κ2) is 8.18. The van der Waals surface area contributed by atoms with E-state index in [2.05, 4.69) is 4.98 Å². The highest BCUT2D eigenvalue weighted by atomic mass is 32.1. The monoisotopic (exact) mass is 478 g/mol. The molecule has 0 unspecified atom stereocenters. The second-order valence-corrected chi connectivity index (χ2v) is 8.88. The third kappa shape index (κ3) is 3.31. The summed E-state index contributed by atoms with van der Waals surface area (Å²) in [5, 5.41) is 0.446. The number of halogens is 1. The highest BCUT2D eigenvalue weighted by molar-refractivity contribution is 7.17. The number of carbonyl (C=O) groups excluding carboxylic acids is 2. The standard InChI is InChI=1S/C25H19FN2O5S/c1-4-32-24(31)22-13(3)27-25(34-22)28-19(14-7-5-6-8-16(14)26)18-20(29)15-11-12(2)9-10-17(15)33-21(18)23(28)30/h5-11,19H,4H2,1-3H3/t19-/m0/s1. The van der Waals surface area contributed by atoms with Gasteiger partial charge in [-0.15, -0.1) is 0 Å². The molecule has 1 amide bonds. The molecule has 3 heterocycles. The molecule has 172 valence electrons. The van der Waals surface area contributed by atoms with Gasteiger partial charge in [0.1, 0.15) is 22.3 Å². The van der Waals surface area contributed by atoms with Crippen LogP contribution in [0.25, 0.3) is 11.0 Å². The maximum Gasteiger partial charge on any atom is 0.350 e. The zero-order chi connectivity index (χ0) is 24.1. The van der Waals surface area contributed by atoms with E-state index < -0.39 is 29.2 Å². The van der Waals surface area contributed by atoms with Crippen molar-refractivity contribution in [1.29, 1.82) is 0 Å². The average Bonchev–Trinajstić information content (AvgIpc) is 3.32. The van der Waals surface area contributed by atoms with Crippen LogP contribution in [0.15, 0.2) is 51.7 Å². The van der Waals surface area contributed by atoms with Gasteiger partial charge in [-0.2, -0.15) is 0 Å².